The topological polar surface area (TPSA) is 171 Å². The largest absolute Gasteiger partial charge is 0.452 e. The Morgan fingerprint density at radius 3 is 2.41 bits per heavy atom. The third-order valence-electron chi connectivity index (χ3n) is 4.56. The Morgan fingerprint density at radius 2 is 1.81 bits per heavy atom. The van der Waals surface area contributed by atoms with E-state index in [9.17, 15) is 28.1 Å². The minimum atomic E-state index is -3.86. The first-order valence-electron chi connectivity index (χ1n) is 9.36. The number of anilines is 2. The molecule has 1 aliphatic rings. The molecule has 1 aliphatic heterocycles. The molecule has 0 atom stereocenters. The molecule has 1 saturated heterocycles. The van der Waals surface area contributed by atoms with Crippen molar-refractivity contribution in [2.45, 2.75) is 4.90 Å². The molecule has 0 bridgehead atoms. The number of nitro benzene ring substituents is 1. The van der Waals surface area contributed by atoms with Crippen molar-refractivity contribution in [3.05, 3.63) is 58.1 Å². The van der Waals surface area contributed by atoms with Crippen LogP contribution in [-0.4, -0.2) is 58.1 Å². The highest BCUT2D eigenvalue weighted by molar-refractivity contribution is 7.89. The van der Waals surface area contributed by atoms with Crippen molar-refractivity contribution in [3.63, 3.8) is 0 Å². The Bertz CT molecular complexity index is 1130. The van der Waals surface area contributed by atoms with Crippen LogP contribution in [0.1, 0.15) is 10.4 Å². The van der Waals surface area contributed by atoms with E-state index in [0.717, 1.165) is 6.07 Å². The zero-order chi connectivity index (χ0) is 23.3. The molecule has 12 nitrogen and oxygen atoms in total. The van der Waals surface area contributed by atoms with Gasteiger partial charge in [-0.25, -0.2) is 18.4 Å². The Hall–Kier alpha value is -3.55. The summed E-state index contributed by atoms with van der Waals surface area (Å²) in [6, 6.07) is 9.05. The molecular formula is C19H20N4O8S. The number of sulfonamides is 1. The number of hydrogen-bond acceptors (Lipinski definition) is 9. The maximum absolute atomic E-state index is 12.3. The molecule has 0 unspecified atom stereocenters. The normalized spacial score (nSPS) is 14.0. The SMILES string of the molecule is NS(=O)(=O)c1ccc(NC(=O)COC(=O)c2ccc(N3CCOCC3)c([N+](=O)[O-])c2)cc1. The summed E-state index contributed by atoms with van der Waals surface area (Å²) < 4.78 is 32.7. The summed E-state index contributed by atoms with van der Waals surface area (Å²) in [5, 5.41) is 18.9. The number of primary sulfonamides is 1. The summed E-state index contributed by atoms with van der Waals surface area (Å²) in [5.74, 6) is -1.58. The summed E-state index contributed by atoms with van der Waals surface area (Å²) in [7, 11) is -3.86. The summed E-state index contributed by atoms with van der Waals surface area (Å²) in [4.78, 5) is 36.9. The van der Waals surface area contributed by atoms with Crippen LogP contribution in [0.5, 0.6) is 0 Å². The zero-order valence-electron chi connectivity index (χ0n) is 16.7. The average molecular weight is 464 g/mol. The quantitative estimate of drug-likeness (QED) is 0.343. The number of esters is 1. The van der Waals surface area contributed by atoms with Crippen molar-refractivity contribution in [2.75, 3.05) is 43.1 Å². The fourth-order valence-corrected chi connectivity index (χ4v) is 3.52. The molecule has 32 heavy (non-hydrogen) atoms. The van der Waals surface area contributed by atoms with Gasteiger partial charge >= 0.3 is 5.97 Å². The highest BCUT2D eigenvalue weighted by Gasteiger charge is 2.24. The number of rotatable bonds is 7. The van der Waals surface area contributed by atoms with Crippen molar-refractivity contribution in [2.24, 2.45) is 5.14 Å². The number of amides is 1. The van der Waals surface area contributed by atoms with E-state index >= 15 is 0 Å². The second-order valence-electron chi connectivity index (χ2n) is 6.75. The number of nitrogens with one attached hydrogen (secondary N) is 1. The molecule has 0 aliphatic carbocycles. The first-order valence-corrected chi connectivity index (χ1v) is 10.9. The van der Waals surface area contributed by atoms with E-state index in [4.69, 9.17) is 14.6 Å². The van der Waals surface area contributed by atoms with Crippen molar-refractivity contribution < 1.29 is 32.4 Å². The zero-order valence-corrected chi connectivity index (χ0v) is 17.5. The predicted octanol–water partition coefficient (Wildman–Crippen LogP) is 0.874. The van der Waals surface area contributed by atoms with Crippen LogP contribution >= 0.6 is 0 Å². The van der Waals surface area contributed by atoms with E-state index in [1.54, 1.807) is 4.90 Å². The Balaban J connectivity index is 1.62. The van der Waals surface area contributed by atoms with Crippen LogP contribution in [0.4, 0.5) is 17.1 Å². The Labute approximate surface area is 183 Å². The average Bonchev–Trinajstić information content (AvgIpc) is 2.77. The van der Waals surface area contributed by atoms with E-state index in [1.165, 1.54) is 36.4 Å². The molecule has 1 heterocycles. The predicted molar refractivity (Wildman–Crippen MR) is 113 cm³/mol. The Morgan fingerprint density at radius 1 is 1.16 bits per heavy atom. The van der Waals surface area contributed by atoms with Crippen molar-refractivity contribution in [3.8, 4) is 0 Å². The highest BCUT2D eigenvalue weighted by atomic mass is 32.2. The smallest absolute Gasteiger partial charge is 0.338 e. The molecule has 0 radical (unpaired) electrons. The van der Waals surface area contributed by atoms with E-state index in [-0.39, 0.29) is 21.8 Å². The van der Waals surface area contributed by atoms with Crippen molar-refractivity contribution in [1.82, 2.24) is 0 Å². The number of nitro groups is 1. The number of morpholine rings is 1. The molecule has 0 spiro atoms. The van der Waals surface area contributed by atoms with Gasteiger partial charge < -0.3 is 19.7 Å². The molecule has 3 N–H and O–H groups in total. The van der Waals surface area contributed by atoms with Gasteiger partial charge in [-0.15, -0.1) is 0 Å². The molecule has 1 fully saturated rings. The van der Waals surface area contributed by atoms with E-state index < -0.39 is 33.4 Å². The third-order valence-corrected chi connectivity index (χ3v) is 5.49. The lowest BCUT2D eigenvalue weighted by molar-refractivity contribution is -0.384. The summed E-state index contributed by atoms with van der Waals surface area (Å²) >= 11 is 0. The van der Waals surface area contributed by atoms with Crippen LogP contribution in [0.3, 0.4) is 0 Å². The number of hydrogen-bond donors (Lipinski definition) is 2. The number of nitrogens with zero attached hydrogens (tertiary/aromatic N) is 2. The molecule has 1 amide bonds. The first kappa shape index (κ1) is 23.1. The second-order valence-corrected chi connectivity index (χ2v) is 8.32. The van der Waals surface area contributed by atoms with E-state index in [0.29, 0.717) is 32.0 Å². The number of carbonyl (C=O) groups is 2. The van der Waals surface area contributed by atoms with Gasteiger partial charge in [0.05, 0.1) is 28.6 Å². The fourth-order valence-electron chi connectivity index (χ4n) is 3.01. The van der Waals surface area contributed by atoms with Gasteiger partial charge in [-0.2, -0.15) is 0 Å². The Kier molecular flexibility index (Phi) is 7.02. The molecule has 2 aromatic rings. The molecule has 170 valence electrons. The maximum Gasteiger partial charge on any atom is 0.338 e. The van der Waals surface area contributed by atoms with Crippen LogP contribution in [0.2, 0.25) is 0 Å². The maximum atomic E-state index is 12.3. The summed E-state index contributed by atoms with van der Waals surface area (Å²) in [6.07, 6.45) is 0. The lowest BCUT2D eigenvalue weighted by atomic mass is 10.1. The molecule has 3 rings (SSSR count). The molecule has 0 aromatic heterocycles. The van der Waals surface area contributed by atoms with Gasteiger partial charge in [0.1, 0.15) is 5.69 Å². The van der Waals surface area contributed by atoms with Gasteiger partial charge in [0, 0.05) is 24.8 Å². The van der Waals surface area contributed by atoms with Crippen LogP contribution in [0.25, 0.3) is 0 Å². The number of nitrogens with two attached hydrogens (primary N) is 1. The number of benzene rings is 2. The lowest BCUT2D eigenvalue weighted by Crippen LogP contribution is -2.36. The van der Waals surface area contributed by atoms with E-state index in [1.807, 2.05) is 0 Å². The van der Waals surface area contributed by atoms with Gasteiger partial charge in [-0.1, -0.05) is 0 Å². The third kappa shape index (κ3) is 5.78. The van der Waals surface area contributed by atoms with E-state index in [2.05, 4.69) is 5.32 Å². The molecule has 13 heteroatoms. The second kappa shape index (κ2) is 9.72. The fraction of sp³-hybridized carbons (Fsp3) is 0.263. The number of carbonyl (C=O) groups excluding carboxylic acids is 2. The van der Waals surface area contributed by atoms with Crippen LogP contribution in [0.15, 0.2) is 47.4 Å². The molecular weight excluding hydrogens is 444 g/mol. The van der Waals surface area contributed by atoms with Crippen molar-refractivity contribution in [1.29, 1.82) is 0 Å². The number of ether oxygens (including phenoxy) is 2. The summed E-state index contributed by atoms with van der Waals surface area (Å²) in [5.41, 5.74) is 0.319. The van der Waals surface area contributed by atoms with Gasteiger partial charge in [-0.3, -0.25) is 14.9 Å². The van der Waals surface area contributed by atoms with Gasteiger partial charge in [0.25, 0.3) is 11.6 Å². The highest BCUT2D eigenvalue weighted by Crippen LogP contribution is 2.30. The minimum absolute atomic E-state index is 0.0704. The van der Waals surface area contributed by atoms with Crippen LogP contribution in [-0.2, 0) is 24.3 Å². The summed E-state index contributed by atoms with van der Waals surface area (Å²) in [6.45, 7) is 1.22. The minimum Gasteiger partial charge on any atom is -0.452 e. The van der Waals surface area contributed by atoms with Crippen LogP contribution < -0.4 is 15.4 Å². The van der Waals surface area contributed by atoms with Gasteiger partial charge in [0.15, 0.2) is 6.61 Å². The van der Waals surface area contributed by atoms with Crippen LogP contribution in [0, 0.1) is 10.1 Å². The standard InChI is InChI=1S/C19H20N4O8S/c20-32(28,29)15-4-2-14(3-5-15)21-18(24)12-31-19(25)13-1-6-16(17(11-13)23(26)27)22-7-9-30-10-8-22/h1-6,11H,7-10,12H2,(H,21,24)(H2,20,28,29). The molecule has 0 saturated carbocycles. The molecule has 2 aromatic carbocycles. The van der Waals surface area contributed by atoms with Gasteiger partial charge in [0.2, 0.25) is 10.0 Å². The van der Waals surface area contributed by atoms with Crippen molar-refractivity contribution >= 4 is 39.0 Å². The monoisotopic (exact) mass is 464 g/mol. The lowest BCUT2D eigenvalue weighted by Gasteiger charge is -2.28. The van der Waals surface area contributed by atoms with Gasteiger partial charge in [-0.05, 0) is 36.4 Å². The first-order chi connectivity index (χ1) is 15.1.